The summed E-state index contributed by atoms with van der Waals surface area (Å²) in [6.07, 6.45) is 0.974. The molecule has 0 fully saturated rings. The van der Waals surface area contributed by atoms with Crippen molar-refractivity contribution >= 4 is 28.9 Å². The first-order valence-electron chi connectivity index (χ1n) is 6.73. The number of carbonyl (C=O) groups is 1. The highest BCUT2D eigenvalue weighted by molar-refractivity contribution is 6.31. The molecule has 1 aliphatic rings. The molecule has 0 saturated heterocycles. The van der Waals surface area contributed by atoms with Gasteiger partial charge in [0.2, 0.25) is 5.91 Å². The molecule has 108 valence electrons. The van der Waals surface area contributed by atoms with Crippen molar-refractivity contribution in [2.75, 3.05) is 10.6 Å². The zero-order chi connectivity index (χ0) is 14.8. The summed E-state index contributed by atoms with van der Waals surface area (Å²) in [5.74, 6) is -0.358. The van der Waals surface area contributed by atoms with Gasteiger partial charge in [0.05, 0.1) is 5.69 Å². The monoisotopic (exact) mass is 304 g/mol. The lowest BCUT2D eigenvalue weighted by Gasteiger charge is -2.19. The standard InChI is InChI=1S/C16H14ClFN2O/c17-12-4-2-1-3-11(12)9-19-15-8-14-10(7-13(15)18)5-6-16(21)20-14/h1-4,7-8,19H,5-6,9H2,(H,20,21). The Hall–Kier alpha value is -2.07. The van der Waals surface area contributed by atoms with Crippen LogP contribution in [0.25, 0.3) is 0 Å². The van der Waals surface area contributed by atoms with Crippen molar-refractivity contribution in [2.45, 2.75) is 19.4 Å². The molecule has 1 heterocycles. The molecular formula is C16H14ClFN2O. The molecular weight excluding hydrogens is 291 g/mol. The van der Waals surface area contributed by atoms with Crippen molar-refractivity contribution in [1.82, 2.24) is 0 Å². The lowest BCUT2D eigenvalue weighted by Crippen LogP contribution is -2.19. The molecule has 0 atom stereocenters. The fourth-order valence-corrected chi connectivity index (χ4v) is 2.57. The Labute approximate surface area is 127 Å². The number of nitrogens with one attached hydrogen (secondary N) is 2. The van der Waals surface area contributed by atoms with Crippen molar-refractivity contribution in [3.63, 3.8) is 0 Å². The van der Waals surface area contributed by atoms with Crippen LogP contribution in [-0.2, 0) is 17.8 Å². The van der Waals surface area contributed by atoms with Gasteiger partial charge >= 0.3 is 0 Å². The van der Waals surface area contributed by atoms with E-state index in [0.717, 1.165) is 11.1 Å². The van der Waals surface area contributed by atoms with Gasteiger partial charge in [0.15, 0.2) is 0 Å². The van der Waals surface area contributed by atoms with Crippen LogP contribution in [0.1, 0.15) is 17.5 Å². The van der Waals surface area contributed by atoms with E-state index in [1.54, 1.807) is 12.1 Å². The van der Waals surface area contributed by atoms with Gasteiger partial charge in [-0.1, -0.05) is 29.8 Å². The number of aryl methyl sites for hydroxylation is 1. The largest absolute Gasteiger partial charge is 0.378 e. The van der Waals surface area contributed by atoms with E-state index in [-0.39, 0.29) is 11.7 Å². The van der Waals surface area contributed by atoms with Crippen LogP contribution in [0.4, 0.5) is 15.8 Å². The van der Waals surface area contributed by atoms with Crippen LogP contribution in [0.15, 0.2) is 36.4 Å². The molecule has 0 radical (unpaired) electrons. The average molecular weight is 305 g/mol. The van der Waals surface area contributed by atoms with E-state index in [4.69, 9.17) is 11.6 Å². The number of carbonyl (C=O) groups excluding carboxylic acids is 1. The first kappa shape index (κ1) is 13.9. The smallest absolute Gasteiger partial charge is 0.224 e. The first-order chi connectivity index (χ1) is 10.1. The molecule has 0 saturated carbocycles. The number of halogens is 2. The first-order valence-corrected chi connectivity index (χ1v) is 7.11. The summed E-state index contributed by atoms with van der Waals surface area (Å²) in [6.45, 7) is 0.420. The van der Waals surface area contributed by atoms with Gasteiger partial charge < -0.3 is 10.6 Å². The minimum atomic E-state index is -0.322. The summed E-state index contributed by atoms with van der Waals surface area (Å²) in [7, 11) is 0. The van der Waals surface area contributed by atoms with Crippen LogP contribution in [0, 0.1) is 5.82 Å². The minimum absolute atomic E-state index is 0.0360. The van der Waals surface area contributed by atoms with Gasteiger partial charge in [-0.15, -0.1) is 0 Å². The van der Waals surface area contributed by atoms with Crippen LogP contribution >= 0.6 is 11.6 Å². The van der Waals surface area contributed by atoms with Gasteiger partial charge in [0.25, 0.3) is 0 Å². The molecule has 0 aromatic heterocycles. The summed E-state index contributed by atoms with van der Waals surface area (Å²) in [4.78, 5) is 11.4. The number of benzene rings is 2. The summed E-state index contributed by atoms with van der Waals surface area (Å²) >= 11 is 6.07. The van der Waals surface area contributed by atoms with Gasteiger partial charge in [-0.3, -0.25) is 4.79 Å². The average Bonchev–Trinajstić information content (AvgIpc) is 2.47. The summed E-state index contributed by atoms with van der Waals surface area (Å²) in [6, 6.07) is 10.5. The molecule has 2 aromatic carbocycles. The second kappa shape index (κ2) is 5.74. The molecule has 0 unspecified atom stereocenters. The predicted octanol–water partition coefficient (Wildman–Crippen LogP) is 3.98. The second-order valence-electron chi connectivity index (χ2n) is 4.98. The molecule has 0 aliphatic carbocycles. The van der Waals surface area contributed by atoms with Crippen molar-refractivity contribution in [3.05, 3.63) is 58.4 Å². The van der Waals surface area contributed by atoms with Gasteiger partial charge in [0, 0.05) is 23.7 Å². The number of fused-ring (bicyclic) bond motifs is 1. The Balaban J connectivity index is 1.81. The lowest BCUT2D eigenvalue weighted by atomic mass is 10.0. The summed E-state index contributed by atoms with van der Waals surface area (Å²) in [5, 5.41) is 6.43. The Kier molecular flexibility index (Phi) is 3.80. The number of anilines is 2. The highest BCUT2D eigenvalue weighted by Crippen LogP contribution is 2.29. The zero-order valence-corrected chi connectivity index (χ0v) is 12.0. The van der Waals surface area contributed by atoms with Crippen molar-refractivity contribution in [2.24, 2.45) is 0 Å². The normalized spacial score (nSPS) is 13.5. The maximum absolute atomic E-state index is 14.1. The van der Waals surface area contributed by atoms with Gasteiger partial charge in [-0.2, -0.15) is 0 Å². The Morgan fingerprint density at radius 3 is 2.86 bits per heavy atom. The quantitative estimate of drug-likeness (QED) is 0.900. The number of hydrogen-bond acceptors (Lipinski definition) is 2. The third kappa shape index (κ3) is 3.00. The van der Waals surface area contributed by atoms with E-state index in [1.807, 2.05) is 18.2 Å². The number of amides is 1. The molecule has 0 spiro atoms. The summed E-state index contributed by atoms with van der Waals surface area (Å²) < 4.78 is 14.1. The fraction of sp³-hybridized carbons (Fsp3) is 0.188. The van der Waals surface area contributed by atoms with Crippen molar-refractivity contribution < 1.29 is 9.18 Å². The lowest BCUT2D eigenvalue weighted by molar-refractivity contribution is -0.116. The maximum atomic E-state index is 14.1. The van der Waals surface area contributed by atoms with Crippen molar-refractivity contribution in [1.29, 1.82) is 0 Å². The van der Waals surface area contributed by atoms with Gasteiger partial charge in [-0.25, -0.2) is 4.39 Å². The van der Waals surface area contributed by atoms with Crippen molar-refractivity contribution in [3.8, 4) is 0 Å². The van der Waals surface area contributed by atoms with E-state index in [1.165, 1.54) is 6.07 Å². The highest BCUT2D eigenvalue weighted by atomic mass is 35.5. The Morgan fingerprint density at radius 1 is 1.24 bits per heavy atom. The van der Waals surface area contributed by atoms with Crippen LogP contribution in [0.5, 0.6) is 0 Å². The number of rotatable bonds is 3. The highest BCUT2D eigenvalue weighted by Gasteiger charge is 2.17. The third-order valence-electron chi connectivity index (χ3n) is 3.52. The predicted molar refractivity (Wildman–Crippen MR) is 82.1 cm³/mol. The second-order valence-corrected chi connectivity index (χ2v) is 5.39. The summed E-state index contributed by atoms with van der Waals surface area (Å²) in [5.41, 5.74) is 2.75. The molecule has 3 rings (SSSR count). The SMILES string of the molecule is O=C1CCc2cc(F)c(NCc3ccccc3Cl)cc2N1. The van der Waals surface area contributed by atoms with E-state index in [2.05, 4.69) is 10.6 Å². The van der Waals surface area contributed by atoms with Gasteiger partial charge in [-0.05, 0) is 35.7 Å². The van der Waals surface area contributed by atoms with E-state index >= 15 is 0 Å². The minimum Gasteiger partial charge on any atom is -0.378 e. The molecule has 1 amide bonds. The number of hydrogen-bond donors (Lipinski definition) is 2. The van der Waals surface area contributed by atoms with E-state index in [0.29, 0.717) is 35.8 Å². The third-order valence-corrected chi connectivity index (χ3v) is 3.88. The van der Waals surface area contributed by atoms with E-state index in [9.17, 15) is 9.18 Å². The molecule has 2 N–H and O–H groups in total. The zero-order valence-electron chi connectivity index (χ0n) is 11.2. The van der Waals surface area contributed by atoms with Gasteiger partial charge in [0.1, 0.15) is 5.82 Å². The van der Waals surface area contributed by atoms with Crippen LogP contribution in [0.3, 0.4) is 0 Å². The molecule has 21 heavy (non-hydrogen) atoms. The Bertz CT molecular complexity index is 703. The van der Waals surface area contributed by atoms with E-state index < -0.39 is 0 Å². The van der Waals surface area contributed by atoms with Crippen LogP contribution in [-0.4, -0.2) is 5.91 Å². The van der Waals surface area contributed by atoms with Crippen LogP contribution < -0.4 is 10.6 Å². The Morgan fingerprint density at radius 2 is 2.05 bits per heavy atom. The fourth-order valence-electron chi connectivity index (χ4n) is 2.37. The molecule has 2 aromatic rings. The molecule has 3 nitrogen and oxygen atoms in total. The molecule has 5 heteroatoms. The molecule has 1 aliphatic heterocycles. The topological polar surface area (TPSA) is 41.1 Å². The maximum Gasteiger partial charge on any atom is 0.224 e. The van der Waals surface area contributed by atoms with Crippen LogP contribution in [0.2, 0.25) is 5.02 Å². The molecule has 0 bridgehead atoms.